The number of carbonyl (C=O) groups is 2. The monoisotopic (exact) mass is 375 g/mol. The van der Waals surface area contributed by atoms with E-state index in [1.807, 2.05) is 24.3 Å². The fraction of sp³-hybridized carbons (Fsp3) is 0.273. The Kier molecular flexibility index (Phi) is 3.94. The molecule has 0 spiro atoms. The Morgan fingerprint density at radius 2 is 1.86 bits per heavy atom. The second-order valence-corrected chi connectivity index (χ2v) is 7.31. The summed E-state index contributed by atoms with van der Waals surface area (Å²) < 4.78 is 5.35. The molecule has 2 aliphatic heterocycles. The number of ether oxygens (including phenoxy) is 1. The number of methoxy groups -OCH3 is 1. The molecule has 1 atom stereocenters. The summed E-state index contributed by atoms with van der Waals surface area (Å²) in [5, 5.41) is 1.25. The first-order valence-corrected chi connectivity index (χ1v) is 9.49. The number of H-pyrrole nitrogens is 1. The fourth-order valence-electron chi connectivity index (χ4n) is 4.45. The zero-order chi connectivity index (χ0) is 19.3. The highest BCUT2D eigenvalue weighted by Gasteiger charge is 2.44. The lowest BCUT2D eigenvalue weighted by atomic mass is 10.0. The summed E-state index contributed by atoms with van der Waals surface area (Å²) in [6, 6.07) is 15.0. The molecule has 2 aliphatic rings. The molecule has 0 aliphatic carbocycles. The van der Waals surface area contributed by atoms with Gasteiger partial charge in [0, 0.05) is 29.7 Å². The van der Waals surface area contributed by atoms with Crippen molar-refractivity contribution in [2.75, 3.05) is 18.6 Å². The summed E-state index contributed by atoms with van der Waals surface area (Å²) >= 11 is 0. The molecule has 1 N–H and O–H groups in total. The predicted molar refractivity (Wildman–Crippen MR) is 106 cm³/mol. The van der Waals surface area contributed by atoms with Gasteiger partial charge in [0.15, 0.2) is 0 Å². The van der Waals surface area contributed by atoms with Gasteiger partial charge in [-0.1, -0.05) is 30.3 Å². The summed E-state index contributed by atoms with van der Waals surface area (Å²) in [4.78, 5) is 32.8. The minimum atomic E-state index is -0.433. The lowest BCUT2D eigenvalue weighted by Gasteiger charge is -2.30. The lowest BCUT2D eigenvalue weighted by Crippen LogP contribution is -2.44. The fourth-order valence-corrected chi connectivity index (χ4v) is 4.45. The molecule has 3 aromatic rings. The maximum atomic E-state index is 13.2. The largest absolute Gasteiger partial charge is 0.495 e. The molecule has 3 heterocycles. The first-order valence-electron chi connectivity index (χ1n) is 9.49. The topological polar surface area (TPSA) is 65.6 Å². The molecule has 6 heteroatoms. The molecular formula is C22H21N3O3. The van der Waals surface area contributed by atoms with E-state index in [0.29, 0.717) is 18.0 Å². The van der Waals surface area contributed by atoms with Crippen LogP contribution in [0.5, 0.6) is 5.75 Å². The normalized spacial score (nSPS) is 20.0. The van der Waals surface area contributed by atoms with Gasteiger partial charge >= 0.3 is 0 Å². The second kappa shape index (κ2) is 6.49. The number of carbonyl (C=O) groups excluding carboxylic acids is 2. The Labute approximate surface area is 162 Å². The van der Waals surface area contributed by atoms with Crippen LogP contribution in [-0.4, -0.2) is 41.4 Å². The van der Waals surface area contributed by atoms with Crippen molar-refractivity contribution < 1.29 is 14.3 Å². The molecule has 2 aromatic carbocycles. The maximum absolute atomic E-state index is 13.2. The van der Waals surface area contributed by atoms with Crippen LogP contribution >= 0.6 is 0 Å². The standard InChI is InChI=1S/C22H21N3O3/c1-28-20-9-5-4-8-18(20)25-21(26)12-19(22(25)27)24-11-10-15-14-6-2-3-7-16(14)23-17(15)13-24/h2-9,19,23H,10-13H2,1H3/t19-/m1/s1. The van der Waals surface area contributed by atoms with Gasteiger partial charge in [-0.25, -0.2) is 4.90 Å². The molecule has 0 bridgehead atoms. The number of nitrogens with zero attached hydrogens (tertiary/aromatic N) is 2. The third kappa shape index (κ3) is 2.52. The number of benzene rings is 2. The first kappa shape index (κ1) is 17.0. The highest BCUT2D eigenvalue weighted by atomic mass is 16.5. The number of nitrogens with one attached hydrogen (secondary N) is 1. The Morgan fingerprint density at radius 1 is 1.07 bits per heavy atom. The van der Waals surface area contributed by atoms with E-state index in [9.17, 15) is 9.59 Å². The van der Waals surface area contributed by atoms with E-state index in [1.54, 1.807) is 19.2 Å². The molecule has 0 saturated carbocycles. The quantitative estimate of drug-likeness (QED) is 0.715. The van der Waals surface area contributed by atoms with Crippen LogP contribution < -0.4 is 9.64 Å². The number of hydrogen-bond acceptors (Lipinski definition) is 4. The van der Waals surface area contributed by atoms with Gasteiger partial charge in [-0.15, -0.1) is 0 Å². The minimum absolute atomic E-state index is 0.172. The number of anilines is 1. The van der Waals surface area contributed by atoms with Crippen LogP contribution in [0.15, 0.2) is 48.5 Å². The molecule has 6 nitrogen and oxygen atoms in total. The van der Waals surface area contributed by atoms with E-state index in [1.165, 1.54) is 15.8 Å². The van der Waals surface area contributed by atoms with E-state index in [2.05, 4.69) is 22.0 Å². The van der Waals surface area contributed by atoms with E-state index < -0.39 is 6.04 Å². The van der Waals surface area contributed by atoms with E-state index in [4.69, 9.17) is 4.74 Å². The summed E-state index contributed by atoms with van der Waals surface area (Å²) in [6.45, 7) is 1.41. The van der Waals surface area contributed by atoms with Gasteiger partial charge in [-0.05, 0) is 30.2 Å². The number of rotatable bonds is 3. The molecule has 5 rings (SSSR count). The number of para-hydroxylation sites is 3. The Hall–Kier alpha value is -3.12. The van der Waals surface area contributed by atoms with E-state index in [0.717, 1.165) is 24.2 Å². The molecule has 1 aromatic heterocycles. The molecule has 28 heavy (non-hydrogen) atoms. The lowest BCUT2D eigenvalue weighted by molar-refractivity contribution is -0.123. The number of hydrogen-bond donors (Lipinski definition) is 1. The average molecular weight is 375 g/mol. The molecule has 1 saturated heterocycles. The maximum Gasteiger partial charge on any atom is 0.251 e. The van der Waals surface area contributed by atoms with Gasteiger partial charge in [-0.3, -0.25) is 14.5 Å². The van der Waals surface area contributed by atoms with Gasteiger partial charge in [0.05, 0.1) is 25.3 Å². The highest BCUT2D eigenvalue weighted by Crippen LogP contribution is 2.35. The predicted octanol–water partition coefficient (Wildman–Crippen LogP) is 2.87. The van der Waals surface area contributed by atoms with Crippen LogP contribution in [0.2, 0.25) is 0 Å². The SMILES string of the molecule is COc1ccccc1N1C(=O)C[C@@H](N2CCc3c([nH]c4ccccc34)C2)C1=O. The van der Waals surface area contributed by atoms with Crippen LogP contribution in [0.4, 0.5) is 5.69 Å². The molecule has 142 valence electrons. The van der Waals surface area contributed by atoms with Crippen molar-refractivity contribution in [1.82, 2.24) is 9.88 Å². The highest BCUT2D eigenvalue weighted by molar-refractivity contribution is 6.23. The molecule has 1 fully saturated rings. The van der Waals surface area contributed by atoms with Crippen molar-refractivity contribution in [3.63, 3.8) is 0 Å². The van der Waals surface area contributed by atoms with Gasteiger partial charge in [0.2, 0.25) is 5.91 Å². The average Bonchev–Trinajstić information content (AvgIpc) is 3.24. The minimum Gasteiger partial charge on any atom is -0.495 e. The zero-order valence-corrected chi connectivity index (χ0v) is 15.6. The van der Waals surface area contributed by atoms with Crippen molar-refractivity contribution in [1.29, 1.82) is 0 Å². The second-order valence-electron chi connectivity index (χ2n) is 7.31. The third-order valence-corrected chi connectivity index (χ3v) is 5.80. The summed E-state index contributed by atoms with van der Waals surface area (Å²) in [7, 11) is 1.55. The third-order valence-electron chi connectivity index (χ3n) is 5.80. The van der Waals surface area contributed by atoms with Crippen LogP contribution in [0.25, 0.3) is 10.9 Å². The van der Waals surface area contributed by atoms with Gasteiger partial charge in [0.25, 0.3) is 5.91 Å². The van der Waals surface area contributed by atoms with Gasteiger partial charge in [-0.2, -0.15) is 0 Å². The Bertz CT molecular complexity index is 1090. The van der Waals surface area contributed by atoms with E-state index in [-0.39, 0.29) is 18.2 Å². The summed E-state index contributed by atoms with van der Waals surface area (Å²) in [6.07, 6.45) is 1.07. The Morgan fingerprint density at radius 3 is 2.71 bits per heavy atom. The Balaban J connectivity index is 1.43. The summed E-state index contributed by atoms with van der Waals surface area (Å²) in [5.41, 5.74) is 4.11. The van der Waals surface area contributed by atoms with Crippen molar-refractivity contribution in [3.8, 4) is 5.75 Å². The summed E-state index contributed by atoms with van der Waals surface area (Å²) in [5.74, 6) is 0.178. The molecule has 0 unspecified atom stereocenters. The molecule has 0 radical (unpaired) electrons. The zero-order valence-electron chi connectivity index (χ0n) is 15.6. The van der Waals surface area contributed by atoms with Gasteiger partial charge < -0.3 is 9.72 Å². The van der Waals surface area contributed by atoms with Crippen LogP contribution in [-0.2, 0) is 22.6 Å². The smallest absolute Gasteiger partial charge is 0.251 e. The van der Waals surface area contributed by atoms with Crippen molar-refractivity contribution in [3.05, 3.63) is 59.8 Å². The number of imide groups is 1. The first-order chi connectivity index (χ1) is 13.7. The number of aromatic amines is 1. The number of aromatic nitrogens is 1. The van der Waals surface area contributed by atoms with E-state index >= 15 is 0 Å². The van der Waals surface area contributed by atoms with Crippen LogP contribution in [0, 0.1) is 0 Å². The van der Waals surface area contributed by atoms with Gasteiger partial charge in [0.1, 0.15) is 5.75 Å². The van der Waals surface area contributed by atoms with Crippen molar-refractivity contribution in [2.45, 2.75) is 25.4 Å². The van der Waals surface area contributed by atoms with Crippen molar-refractivity contribution in [2.24, 2.45) is 0 Å². The number of amides is 2. The molecular weight excluding hydrogens is 354 g/mol. The van der Waals surface area contributed by atoms with Crippen LogP contribution in [0.1, 0.15) is 17.7 Å². The van der Waals surface area contributed by atoms with Crippen molar-refractivity contribution >= 4 is 28.4 Å². The molecule has 2 amide bonds. The number of fused-ring (bicyclic) bond motifs is 3. The van der Waals surface area contributed by atoms with Crippen LogP contribution in [0.3, 0.4) is 0 Å².